The van der Waals surface area contributed by atoms with E-state index >= 15 is 0 Å². The van der Waals surface area contributed by atoms with Crippen LogP contribution in [-0.2, 0) is 0 Å². The van der Waals surface area contributed by atoms with Crippen molar-refractivity contribution in [3.63, 3.8) is 0 Å². The summed E-state index contributed by atoms with van der Waals surface area (Å²) in [4.78, 5) is 8.56. The Hall–Kier alpha value is -1.87. The minimum Gasteiger partial charge on any atom is -0.493 e. The fourth-order valence-corrected chi connectivity index (χ4v) is 2.86. The molecule has 122 valence electrons. The number of ether oxygens (including phenoxy) is 1. The molecule has 23 heavy (non-hydrogen) atoms. The first kappa shape index (κ1) is 17.5. The number of hydrogen-bond acceptors (Lipinski definition) is 3. The van der Waals surface area contributed by atoms with Crippen LogP contribution in [0.4, 0.5) is 0 Å². The van der Waals surface area contributed by atoms with E-state index in [0.717, 1.165) is 38.7 Å². The first-order valence-electron chi connectivity index (χ1n) is 7.80. The Bertz CT molecular complexity index is 708. The summed E-state index contributed by atoms with van der Waals surface area (Å²) in [7, 11) is 1.78. The highest BCUT2D eigenvalue weighted by molar-refractivity contribution is 6.32. The van der Waals surface area contributed by atoms with Crippen molar-refractivity contribution in [1.82, 2.24) is 4.98 Å². The molecule has 3 nitrogen and oxygen atoms in total. The van der Waals surface area contributed by atoms with E-state index < -0.39 is 0 Å². The maximum absolute atomic E-state index is 6.50. The Labute approximate surface area is 143 Å². The van der Waals surface area contributed by atoms with Gasteiger partial charge in [0.2, 0.25) is 0 Å². The quantitative estimate of drug-likeness (QED) is 0.704. The van der Waals surface area contributed by atoms with Crippen LogP contribution in [0, 0.1) is 13.8 Å². The molecule has 0 spiro atoms. The molecule has 0 amide bonds. The Morgan fingerprint density at radius 3 is 2.65 bits per heavy atom. The molecule has 1 heterocycles. The van der Waals surface area contributed by atoms with Gasteiger partial charge >= 0.3 is 0 Å². The highest BCUT2D eigenvalue weighted by Gasteiger charge is 2.20. The van der Waals surface area contributed by atoms with Crippen molar-refractivity contribution < 1.29 is 4.74 Å². The van der Waals surface area contributed by atoms with Crippen LogP contribution >= 0.6 is 11.6 Å². The molecule has 0 saturated carbocycles. The van der Waals surface area contributed by atoms with Crippen LogP contribution in [0.1, 0.15) is 36.6 Å². The topological polar surface area (TPSA) is 34.5 Å². The fraction of sp³-hybridized carbons (Fsp3) is 0.368. The van der Waals surface area contributed by atoms with Gasteiger partial charge in [0, 0.05) is 52.8 Å². The number of pyridine rings is 1. The average Bonchev–Trinajstić information content (AvgIpc) is 2.52. The Morgan fingerprint density at radius 1 is 1.35 bits per heavy atom. The van der Waals surface area contributed by atoms with Gasteiger partial charge in [0.15, 0.2) is 0 Å². The lowest BCUT2D eigenvalue weighted by atomic mass is 9.92. The van der Waals surface area contributed by atoms with Crippen LogP contribution in [-0.4, -0.2) is 24.9 Å². The van der Waals surface area contributed by atoms with E-state index in [1.165, 1.54) is 0 Å². The Morgan fingerprint density at radius 2 is 2.09 bits per heavy atom. The molecule has 2 rings (SSSR count). The minimum absolute atomic E-state index is 0.122. The average molecular weight is 331 g/mol. The largest absolute Gasteiger partial charge is 0.493 e. The predicted molar refractivity (Wildman–Crippen MR) is 98.2 cm³/mol. The Kier molecular flexibility index (Phi) is 5.78. The number of rotatable bonds is 5. The molecule has 0 aliphatic carbocycles. The zero-order chi connectivity index (χ0) is 17.0. The fourth-order valence-electron chi connectivity index (χ4n) is 2.65. The number of halogens is 1. The number of hydrogen-bond donors (Lipinski definition) is 0. The van der Waals surface area contributed by atoms with Gasteiger partial charge in [0.25, 0.3) is 0 Å². The van der Waals surface area contributed by atoms with Gasteiger partial charge in [-0.3, -0.25) is 4.98 Å². The van der Waals surface area contributed by atoms with Gasteiger partial charge in [-0.15, -0.1) is 0 Å². The third-order valence-corrected chi connectivity index (χ3v) is 4.25. The van der Waals surface area contributed by atoms with Gasteiger partial charge in [-0.2, -0.15) is 0 Å². The normalized spacial score (nSPS) is 12.6. The second kappa shape index (κ2) is 7.60. The van der Waals surface area contributed by atoms with E-state index in [0.29, 0.717) is 6.61 Å². The van der Waals surface area contributed by atoms with Gasteiger partial charge in [-0.1, -0.05) is 24.6 Å². The number of nitrogens with zero attached hydrogens (tertiary/aromatic N) is 2. The summed E-state index contributed by atoms with van der Waals surface area (Å²) in [6.45, 7) is 8.67. The van der Waals surface area contributed by atoms with E-state index in [2.05, 4.69) is 23.0 Å². The molecule has 4 heteroatoms. The van der Waals surface area contributed by atoms with Crippen molar-refractivity contribution in [3.05, 3.63) is 46.2 Å². The molecular weight excluding hydrogens is 308 g/mol. The van der Waals surface area contributed by atoms with E-state index in [1.807, 2.05) is 45.3 Å². The van der Waals surface area contributed by atoms with E-state index in [9.17, 15) is 0 Å². The summed E-state index contributed by atoms with van der Waals surface area (Å²) in [5.41, 5.74) is 5.06. The van der Waals surface area contributed by atoms with Crippen molar-refractivity contribution in [2.45, 2.75) is 33.6 Å². The van der Waals surface area contributed by atoms with Crippen molar-refractivity contribution >= 4 is 17.8 Å². The van der Waals surface area contributed by atoms with Crippen LogP contribution in [0.25, 0.3) is 11.1 Å². The van der Waals surface area contributed by atoms with Crippen LogP contribution < -0.4 is 4.74 Å². The highest BCUT2D eigenvalue weighted by Crippen LogP contribution is 2.42. The standard InChI is InChI=1S/C19H23ClN2O/c1-6-23-19-16(12(2)10-21-5)9-17(20)14(4)18(19)15-8-7-13(3)22-11-15/h7-12H,6H2,1-5H3/b21-10+. The SMILES string of the molecule is CCOc1c(C(C)/C=N/C)cc(Cl)c(C)c1-c1ccc(C)nc1. The predicted octanol–water partition coefficient (Wildman–Crippen LogP) is 5.22. The third kappa shape index (κ3) is 3.73. The van der Waals surface area contributed by atoms with Crippen LogP contribution in [0.15, 0.2) is 29.4 Å². The van der Waals surface area contributed by atoms with Crippen molar-refractivity contribution in [2.24, 2.45) is 4.99 Å². The number of aliphatic imine (C=N–C) groups is 1. The highest BCUT2D eigenvalue weighted by atomic mass is 35.5. The van der Waals surface area contributed by atoms with Gasteiger partial charge in [-0.25, -0.2) is 0 Å². The molecule has 1 atom stereocenters. The third-order valence-electron chi connectivity index (χ3n) is 3.86. The molecule has 2 aromatic rings. The molecule has 1 aromatic heterocycles. The summed E-state index contributed by atoms with van der Waals surface area (Å²) >= 11 is 6.50. The molecule has 0 aliphatic rings. The van der Waals surface area contributed by atoms with E-state index in [1.54, 1.807) is 7.05 Å². The first-order valence-corrected chi connectivity index (χ1v) is 8.18. The monoisotopic (exact) mass is 330 g/mol. The number of aryl methyl sites for hydroxylation is 1. The van der Waals surface area contributed by atoms with Crippen LogP contribution in [0.5, 0.6) is 5.75 Å². The molecule has 0 bridgehead atoms. The summed E-state index contributed by atoms with van der Waals surface area (Å²) in [6.07, 6.45) is 3.78. The summed E-state index contributed by atoms with van der Waals surface area (Å²) in [5.74, 6) is 0.990. The van der Waals surface area contributed by atoms with E-state index in [-0.39, 0.29) is 5.92 Å². The van der Waals surface area contributed by atoms with E-state index in [4.69, 9.17) is 16.3 Å². The zero-order valence-corrected chi connectivity index (χ0v) is 15.1. The smallest absolute Gasteiger partial charge is 0.131 e. The van der Waals surface area contributed by atoms with Crippen molar-refractivity contribution in [2.75, 3.05) is 13.7 Å². The molecular formula is C19H23ClN2O. The molecule has 0 aliphatic heterocycles. The number of aromatic nitrogens is 1. The lowest BCUT2D eigenvalue weighted by Gasteiger charge is -2.21. The maximum atomic E-state index is 6.50. The number of benzene rings is 1. The molecule has 0 N–H and O–H groups in total. The van der Waals surface area contributed by atoms with Gasteiger partial charge < -0.3 is 9.73 Å². The molecule has 0 radical (unpaired) electrons. The van der Waals surface area contributed by atoms with Crippen molar-refractivity contribution in [3.8, 4) is 16.9 Å². The van der Waals surface area contributed by atoms with Gasteiger partial charge in [-0.05, 0) is 38.5 Å². The molecule has 0 fully saturated rings. The molecule has 1 aromatic carbocycles. The molecule has 1 unspecified atom stereocenters. The second-order valence-electron chi connectivity index (χ2n) is 5.59. The summed E-state index contributed by atoms with van der Waals surface area (Å²) < 4.78 is 6.01. The van der Waals surface area contributed by atoms with Gasteiger partial charge in [0.1, 0.15) is 5.75 Å². The lowest BCUT2D eigenvalue weighted by molar-refractivity contribution is 0.337. The second-order valence-corrected chi connectivity index (χ2v) is 6.00. The first-order chi connectivity index (χ1) is 11.0. The maximum Gasteiger partial charge on any atom is 0.131 e. The summed E-state index contributed by atoms with van der Waals surface area (Å²) in [5, 5.41) is 0.732. The van der Waals surface area contributed by atoms with Crippen LogP contribution in [0.2, 0.25) is 5.02 Å². The van der Waals surface area contributed by atoms with Crippen molar-refractivity contribution in [1.29, 1.82) is 0 Å². The lowest BCUT2D eigenvalue weighted by Crippen LogP contribution is -2.05. The minimum atomic E-state index is 0.122. The molecule has 0 saturated heterocycles. The van der Waals surface area contributed by atoms with Gasteiger partial charge in [0.05, 0.1) is 6.61 Å². The Balaban J connectivity index is 2.74. The zero-order valence-electron chi connectivity index (χ0n) is 14.4. The summed E-state index contributed by atoms with van der Waals surface area (Å²) in [6, 6.07) is 6.05. The van der Waals surface area contributed by atoms with Crippen LogP contribution in [0.3, 0.4) is 0 Å².